The first-order chi connectivity index (χ1) is 13.5. The molecule has 0 saturated heterocycles. The van der Waals surface area contributed by atoms with Gasteiger partial charge in [0.05, 0.1) is 17.1 Å². The number of hydrogen-bond acceptors (Lipinski definition) is 4. The van der Waals surface area contributed by atoms with Crippen LogP contribution < -0.4 is 15.4 Å². The summed E-state index contributed by atoms with van der Waals surface area (Å²) >= 11 is 5.78. The Hall–Kier alpha value is -2.78. The number of alkyl halides is 3. The first-order valence-corrected chi connectivity index (χ1v) is 8.76. The number of benzene rings is 2. The van der Waals surface area contributed by atoms with Crippen LogP contribution in [0.15, 0.2) is 42.5 Å². The van der Waals surface area contributed by atoms with Gasteiger partial charge in [-0.3, -0.25) is 9.59 Å². The van der Waals surface area contributed by atoms with Gasteiger partial charge in [0.25, 0.3) is 5.91 Å². The standard InChI is InChI=1S/C19H19ClF3N3O3/c1-26(2)10-17(27)24-13-4-6-14(7-5-13)25-18(28)11-29-16-8-3-12(9-15(16)20)19(21,22)23/h3-9H,10-11H2,1-2H3,(H,24,27)(H,25,28). The molecule has 2 aromatic rings. The van der Waals surface area contributed by atoms with Crippen LogP contribution in [-0.2, 0) is 15.8 Å². The minimum Gasteiger partial charge on any atom is -0.482 e. The number of nitrogens with zero attached hydrogens (tertiary/aromatic N) is 1. The van der Waals surface area contributed by atoms with Crippen molar-refractivity contribution in [2.45, 2.75) is 6.18 Å². The third-order valence-corrected chi connectivity index (χ3v) is 3.83. The van der Waals surface area contributed by atoms with Gasteiger partial charge in [0.2, 0.25) is 5.91 Å². The van der Waals surface area contributed by atoms with E-state index < -0.39 is 24.3 Å². The van der Waals surface area contributed by atoms with Gasteiger partial charge < -0.3 is 20.3 Å². The molecule has 156 valence electrons. The van der Waals surface area contributed by atoms with Gasteiger partial charge >= 0.3 is 6.18 Å². The number of anilines is 2. The molecule has 6 nitrogen and oxygen atoms in total. The van der Waals surface area contributed by atoms with Crippen LogP contribution in [0.3, 0.4) is 0 Å². The monoisotopic (exact) mass is 429 g/mol. The predicted molar refractivity (Wildman–Crippen MR) is 104 cm³/mol. The Balaban J connectivity index is 1.87. The van der Waals surface area contributed by atoms with Crippen LogP contribution >= 0.6 is 11.6 Å². The summed E-state index contributed by atoms with van der Waals surface area (Å²) in [5, 5.41) is 5.04. The highest BCUT2D eigenvalue weighted by atomic mass is 35.5. The number of carbonyl (C=O) groups is 2. The number of halogens is 4. The van der Waals surface area contributed by atoms with Gasteiger partial charge in [0.1, 0.15) is 5.75 Å². The van der Waals surface area contributed by atoms with E-state index in [1.165, 1.54) is 0 Å². The number of carbonyl (C=O) groups excluding carboxylic acids is 2. The molecule has 0 bridgehead atoms. The van der Waals surface area contributed by atoms with Crippen LogP contribution in [0.2, 0.25) is 5.02 Å². The van der Waals surface area contributed by atoms with Crippen LogP contribution in [-0.4, -0.2) is 44.0 Å². The summed E-state index contributed by atoms with van der Waals surface area (Å²) in [5.74, 6) is -0.729. The third-order valence-electron chi connectivity index (χ3n) is 3.53. The summed E-state index contributed by atoms with van der Waals surface area (Å²) in [4.78, 5) is 25.4. The van der Waals surface area contributed by atoms with Crippen LogP contribution in [0, 0.1) is 0 Å². The number of likely N-dealkylation sites (N-methyl/N-ethyl adjacent to an activating group) is 1. The lowest BCUT2D eigenvalue weighted by Crippen LogP contribution is -2.27. The summed E-state index contributed by atoms with van der Waals surface area (Å²) in [7, 11) is 3.55. The zero-order valence-electron chi connectivity index (χ0n) is 15.6. The van der Waals surface area contributed by atoms with Crippen LogP contribution in [0.5, 0.6) is 5.75 Å². The zero-order chi connectivity index (χ0) is 21.6. The Kier molecular flexibility index (Phi) is 7.46. The lowest BCUT2D eigenvalue weighted by atomic mass is 10.2. The molecule has 0 aliphatic carbocycles. The van der Waals surface area contributed by atoms with E-state index in [-0.39, 0.29) is 23.2 Å². The Morgan fingerprint density at radius 1 is 1.00 bits per heavy atom. The molecule has 10 heteroatoms. The molecule has 2 N–H and O–H groups in total. The highest BCUT2D eigenvalue weighted by molar-refractivity contribution is 6.32. The minimum atomic E-state index is -4.52. The third kappa shape index (κ3) is 7.28. The average molecular weight is 430 g/mol. The lowest BCUT2D eigenvalue weighted by molar-refractivity contribution is -0.137. The molecule has 0 unspecified atom stereocenters. The maximum absolute atomic E-state index is 12.6. The van der Waals surface area contributed by atoms with E-state index in [1.807, 2.05) is 0 Å². The fourth-order valence-corrected chi connectivity index (χ4v) is 2.49. The molecule has 0 aliphatic rings. The molecule has 0 saturated carbocycles. The van der Waals surface area contributed by atoms with Gasteiger partial charge in [-0.05, 0) is 56.6 Å². The first kappa shape index (κ1) is 22.5. The van der Waals surface area contributed by atoms with Gasteiger partial charge in [0, 0.05) is 11.4 Å². The molecule has 0 atom stereocenters. The Labute approximate surface area is 170 Å². The highest BCUT2D eigenvalue weighted by Crippen LogP contribution is 2.34. The molecule has 0 heterocycles. The summed E-state index contributed by atoms with van der Waals surface area (Å²) < 4.78 is 43.0. The zero-order valence-corrected chi connectivity index (χ0v) is 16.4. The smallest absolute Gasteiger partial charge is 0.416 e. The number of nitrogens with one attached hydrogen (secondary N) is 2. The van der Waals surface area contributed by atoms with Crippen molar-refractivity contribution in [1.82, 2.24) is 4.90 Å². The second-order valence-electron chi connectivity index (χ2n) is 6.34. The van der Waals surface area contributed by atoms with E-state index in [2.05, 4.69) is 10.6 Å². The summed E-state index contributed by atoms with van der Waals surface area (Å²) in [6.07, 6.45) is -4.52. The molecular weight excluding hydrogens is 411 g/mol. The van der Waals surface area contributed by atoms with E-state index in [0.29, 0.717) is 11.4 Å². The second kappa shape index (κ2) is 9.62. The van der Waals surface area contributed by atoms with Gasteiger partial charge in [-0.1, -0.05) is 11.6 Å². The van der Waals surface area contributed by atoms with Crippen molar-refractivity contribution in [3.05, 3.63) is 53.1 Å². The van der Waals surface area contributed by atoms with Crippen molar-refractivity contribution in [2.75, 3.05) is 37.9 Å². The summed E-state index contributed by atoms with van der Waals surface area (Å²) in [5.41, 5.74) is 0.127. The van der Waals surface area contributed by atoms with Crippen molar-refractivity contribution in [2.24, 2.45) is 0 Å². The topological polar surface area (TPSA) is 70.7 Å². The molecule has 0 fully saturated rings. The van der Waals surface area contributed by atoms with Gasteiger partial charge in [-0.2, -0.15) is 13.2 Å². The molecule has 0 aliphatic heterocycles. The summed E-state index contributed by atoms with van der Waals surface area (Å²) in [6, 6.07) is 9.04. The van der Waals surface area contributed by atoms with Crippen molar-refractivity contribution in [1.29, 1.82) is 0 Å². The number of hydrogen-bond donors (Lipinski definition) is 2. The van der Waals surface area contributed by atoms with Crippen LogP contribution in [0.25, 0.3) is 0 Å². The molecule has 0 aromatic heterocycles. The van der Waals surface area contributed by atoms with Crippen molar-refractivity contribution < 1.29 is 27.5 Å². The summed E-state index contributed by atoms with van der Waals surface area (Å²) in [6.45, 7) is -0.200. The van der Waals surface area contributed by atoms with E-state index in [9.17, 15) is 22.8 Å². The van der Waals surface area contributed by atoms with E-state index in [4.69, 9.17) is 16.3 Å². The Morgan fingerprint density at radius 2 is 1.55 bits per heavy atom. The van der Waals surface area contributed by atoms with Crippen molar-refractivity contribution in [3.8, 4) is 5.75 Å². The van der Waals surface area contributed by atoms with Crippen LogP contribution in [0.1, 0.15) is 5.56 Å². The van der Waals surface area contributed by atoms with E-state index >= 15 is 0 Å². The largest absolute Gasteiger partial charge is 0.482 e. The highest BCUT2D eigenvalue weighted by Gasteiger charge is 2.31. The van der Waals surface area contributed by atoms with E-state index in [1.54, 1.807) is 43.3 Å². The van der Waals surface area contributed by atoms with Crippen molar-refractivity contribution >= 4 is 34.8 Å². The molecule has 29 heavy (non-hydrogen) atoms. The van der Waals surface area contributed by atoms with Gasteiger partial charge in [-0.25, -0.2) is 0 Å². The first-order valence-electron chi connectivity index (χ1n) is 8.38. The van der Waals surface area contributed by atoms with Crippen molar-refractivity contribution in [3.63, 3.8) is 0 Å². The Morgan fingerprint density at radius 3 is 2.03 bits per heavy atom. The number of amides is 2. The molecule has 2 aromatic carbocycles. The quantitative estimate of drug-likeness (QED) is 0.701. The second-order valence-corrected chi connectivity index (χ2v) is 6.75. The maximum Gasteiger partial charge on any atom is 0.416 e. The number of ether oxygens (including phenoxy) is 1. The Bertz CT molecular complexity index is 871. The van der Waals surface area contributed by atoms with Crippen LogP contribution in [0.4, 0.5) is 24.5 Å². The SMILES string of the molecule is CN(C)CC(=O)Nc1ccc(NC(=O)COc2ccc(C(F)(F)F)cc2Cl)cc1. The number of rotatable bonds is 7. The fraction of sp³-hybridized carbons (Fsp3) is 0.263. The maximum atomic E-state index is 12.6. The molecule has 0 radical (unpaired) electrons. The molecule has 0 spiro atoms. The lowest BCUT2D eigenvalue weighted by Gasteiger charge is -2.12. The average Bonchev–Trinajstić information content (AvgIpc) is 2.60. The van der Waals surface area contributed by atoms with Gasteiger partial charge in [-0.15, -0.1) is 0 Å². The minimum absolute atomic E-state index is 0.0335. The molecule has 2 amide bonds. The molecular formula is C19H19ClF3N3O3. The molecule has 2 rings (SSSR count). The predicted octanol–water partition coefficient (Wildman–Crippen LogP) is 3.88. The van der Waals surface area contributed by atoms with E-state index in [0.717, 1.165) is 18.2 Å². The fourth-order valence-electron chi connectivity index (χ4n) is 2.26. The van der Waals surface area contributed by atoms with Gasteiger partial charge in [0.15, 0.2) is 6.61 Å². The normalized spacial score (nSPS) is 11.3.